The summed E-state index contributed by atoms with van der Waals surface area (Å²) in [5, 5.41) is 3.73. The predicted octanol–water partition coefficient (Wildman–Crippen LogP) is 8.53. The number of aromatic nitrogens is 1. The Hall–Kier alpha value is -4.76. The number of benzene rings is 5. The molecule has 0 amide bonds. The Balaban J connectivity index is 1.31. The molecule has 1 unspecified atom stereocenters. The third-order valence-electron chi connectivity index (χ3n) is 11.2. The minimum absolute atomic E-state index is 0.0318. The lowest BCUT2D eigenvalue weighted by atomic mass is 9.40. The van der Waals surface area contributed by atoms with Crippen LogP contribution in [0.4, 0.5) is 0 Å². The van der Waals surface area contributed by atoms with E-state index in [2.05, 4.69) is 122 Å². The van der Waals surface area contributed by atoms with Crippen molar-refractivity contribution in [3.63, 3.8) is 0 Å². The highest BCUT2D eigenvalue weighted by molar-refractivity contribution is 6.88. The highest BCUT2D eigenvalue weighted by Gasteiger charge is 2.49. The molecule has 0 bridgehead atoms. The largest absolute Gasteiger partial charge is 0.441 e. The SMILES string of the molecule is Cc1cc2c3c(c1)C1CC4=C(c5cccc(c51)B3n1c3oc5ccccc5c3c3cccc-2c31)C(C)(C)c1ccccc14. The average molecular weight is 549 g/mol. The van der Waals surface area contributed by atoms with E-state index in [1.54, 1.807) is 5.57 Å². The highest BCUT2D eigenvalue weighted by atomic mass is 16.3. The third kappa shape index (κ3) is 2.46. The van der Waals surface area contributed by atoms with E-state index in [1.165, 1.54) is 82.7 Å². The molecule has 2 aliphatic carbocycles. The lowest BCUT2D eigenvalue weighted by molar-refractivity contribution is 0.650. The smallest absolute Gasteiger partial charge is 0.332 e. The van der Waals surface area contributed by atoms with Crippen molar-refractivity contribution in [2.45, 2.75) is 38.5 Å². The average Bonchev–Trinajstić information content (AvgIpc) is 3.63. The normalized spacial score (nSPS) is 18.3. The van der Waals surface area contributed by atoms with Gasteiger partial charge in [0.2, 0.25) is 0 Å². The van der Waals surface area contributed by atoms with Gasteiger partial charge >= 0.3 is 6.85 Å². The zero-order chi connectivity index (χ0) is 28.4. The highest BCUT2D eigenvalue weighted by Crippen LogP contribution is 2.59. The van der Waals surface area contributed by atoms with E-state index >= 15 is 0 Å². The van der Waals surface area contributed by atoms with Gasteiger partial charge in [0.1, 0.15) is 5.58 Å². The summed E-state index contributed by atoms with van der Waals surface area (Å²) in [5.41, 5.74) is 20.6. The Kier molecular flexibility index (Phi) is 3.83. The number of fused-ring (bicyclic) bond motifs is 12. The van der Waals surface area contributed by atoms with Gasteiger partial charge in [0.05, 0.1) is 5.39 Å². The molecule has 2 nitrogen and oxygen atoms in total. The van der Waals surface area contributed by atoms with E-state index in [-0.39, 0.29) is 12.3 Å². The van der Waals surface area contributed by atoms with Gasteiger partial charge in [-0.2, -0.15) is 0 Å². The zero-order valence-electron chi connectivity index (χ0n) is 24.5. The molecule has 4 aliphatic rings. The van der Waals surface area contributed by atoms with Crippen LogP contribution in [-0.4, -0.2) is 11.3 Å². The molecule has 0 spiro atoms. The van der Waals surface area contributed by atoms with Crippen molar-refractivity contribution in [1.29, 1.82) is 0 Å². The van der Waals surface area contributed by atoms with Crippen molar-refractivity contribution in [3.8, 4) is 11.1 Å². The molecule has 11 rings (SSSR count). The molecule has 1 atom stereocenters. The summed E-state index contributed by atoms with van der Waals surface area (Å²) in [6.45, 7) is 7.21. The Morgan fingerprint density at radius 2 is 1.56 bits per heavy atom. The maximum Gasteiger partial charge on any atom is 0.332 e. The van der Waals surface area contributed by atoms with Gasteiger partial charge in [0.25, 0.3) is 0 Å². The van der Waals surface area contributed by atoms with Crippen LogP contribution in [0.2, 0.25) is 0 Å². The van der Waals surface area contributed by atoms with Crippen LogP contribution in [0.15, 0.2) is 101 Å². The van der Waals surface area contributed by atoms with Crippen LogP contribution in [0.25, 0.3) is 55.2 Å². The van der Waals surface area contributed by atoms with Crippen molar-refractivity contribution < 1.29 is 4.42 Å². The van der Waals surface area contributed by atoms with Crippen LogP contribution in [0.3, 0.4) is 0 Å². The molecule has 4 heterocycles. The molecule has 0 radical (unpaired) electrons. The number of hydrogen-bond donors (Lipinski definition) is 0. The maximum absolute atomic E-state index is 6.79. The molecule has 0 N–H and O–H groups in total. The number of aryl methyl sites for hydroxylation is 1. The number of rotatable bonds is 0. The monoisotopic (exact) mass is 549 g/mol. The molecule has 5 aromatic carbocycles. The van der Waals surface area contributed by atoms with Crippen molar-refractivity contribution in [2.75, 3.05) is 0 Å². The van der Waals surface area contributed by atoms with E-state index in [0.717, 1.165) is 17.7 Å². The van der Waals surface area contributed by atoms with Gasteiger partial charge in [-0.15, -0.1) is 0 Å². The fourth-order valence-electron chi connectivity index (χ4n) is 9.75. The van der Waals surface area contributed by atoms with Crippen molar-refractivity contribution in [3.05, 3.63) is 130 Å². The second-order valence-corrected chi connectivity index (χ2v) is 13.7. The Bertz CT molecular complexity index is 2480. The molecule has 0 saturated carbocycles. The third-order valence-corrected chi connectivity index (χ3v) is 11.2. The van der Waals surface area contributed by atoms with E-state index in [1.807, 2.05) is 0 Å². The van der Waals surface area contributed by atoms with Gasteiger partial charge in [-0.3, -0.25) is 0 Å². The second kappa shape index (κ2) is 7.23. The minimum Gasteiger partial charge on any atom is -0.441 e. The summed E-state index contributed by atoms with van der Waals surface area (Å²) >= 11 is 0. The standard InChI is InChI=1S/C40H28BNO/c1-21-18-29-23-12-8-14-26-35-24-11-5-7-17-33(24)43-39(35)42(38(23)26)41-32-16-9-13-25-34(32)27(30(19-21)37(29)41)20-28-22-10-4-6-15-31(22)40(2,3)36(25)28/h4-19,27H,20H2,1-3H3. The van der Waals surface area contributed by atoms with Gasteiger partial charge in [-0.25, -0.2) is 0 Å². The molecule has 2 aliphatic heterocycles. The van der Waals surface area contributed by atoms with E-state index < -0.39 is 0 Å². The Morgan fingerprint density at radius 3 is 2.49 bits per heavy atom. The Labute approximate surface area is 250 Å². The van der Waals surface area contributed by atoms with Crippen LogP contribution in [0, 0.1) is 6.92 Å². The minimum atomic E-state index is -0.0318. The van der Waals surface area contributed by atoms with E-state index in [0.29, 0.717) is 5.92 Å². The van der Waals surface area contributed by atoms with Crippen molar-refractivity contribution >= 4 is 61.9 Å². The summed E-state index contributed by atoms with van der Waals surface area (Å²) in [7, 11) is 0. The maximum atomic E-state index is 6.79. The zero-order valence-corrected chi connectivity index (χ0v) is 24.5. The quantitative estimate of drug-likeness (QED) is 0.173. The van der Waals surface area contributed by atoms with Gasteiger partial charge in [-0.1, -0.05) is 110 Å². The molecule has 202 valence electrons. The molecule has 2 aromatic heterocycles. The molecule has 3 heteroatoms. The molecule has 7 aromatic rings. The van der Waals surface area contributed by atoms with Crippen LogP contribution >= 0.6 is 0 Å². The van der Waals surface area contributed by atoms with Gasteiger partial charge in [0, 0.05) is 33.2 Å². The first-order valence-corrected chi connectivity index (χ1v) is 15.6. The first-order chi connectivity index (χ1) is 21.0. The lowest BCUT2D eigenvalue weighted by Gasteiger charge is -2.42. The lowest BCUT2D eigenvalue weighted by Crippen LogP contribution is -2.57. The molecule has 43 heavy (non-hydrogen) atoms. The molecular formula is C40H28BNO. The van der Waals surface area contributed by atoms with Crippen LogP contribution in [-0.2, 0) is 5.41 Å². The van der Waals surface area contributed by atoms with Gasteiger partial charge < -0.3 is 8.90 Å². The number of furan rings is 1. The van der Waals surface area contributed by atoms with E-state index in [9.17, 15) is 0 Å². The van der Waals surface area contributed by atoms with Gasteiger partial charge in [-0.05, 0) is 74.9 Å². The van der Waals surface area contributed by atoms with E-state index in [4.69, 9.17) is 4.42 Å². The van der Waals surface area contributed by atoms with Crippen molar-refractivity contribution in [1.82, 2.24) is 4.48 Å². The summed E-state index contributed by atoms with van der Waals surface area (Å²) in [6, 6.07) is 36.6. The summed E-state index contributed by atoms with van der Waals surface area (Å²) in [4.78, 5) is 0. The molecule has 0 saturated heterocycles. The topological polar surface area (TPSA) is 18.1 Å². The molecule has 0 fully saturated rings. The fourth-order valence-corrected chi connectivity index (χ4v) is 9.75. The summed E-state index contributed by atoms with van der Waals surface area (Å²) < 4.78 is 9.35. The van der Waals surface area contributed by atoms with Crippen molar-refractivity contribution in [2.24, 2.45) is 0 Å². The summed E-state index contributed by atoms with van der Waals surface area (Å²) in [6.07, 6.45) is 1.05. The first kappa shape index (κ1) is 22.8. The number of nitrogens with zero attached hydrogens (tertiary/aromatic N) is 1. The van der Waals surface area contributed by atoms with Crippen LogP contribution in [0.1, 0.15) is 59.6 Å². The fraction of sp³-hybridized carbons (Fsp3) is 0.150. The Morgan fingerprint density at radius 1 is 0.791 bits per heavy atom. The number of para-hydroxylation sites is 2. The predicted molar refractivity (Wildman–Crippen MR) is 179 cm³/mol. The van der Waals surface area contributed by atoms with Crippen LogP contribution < -0.4 is 10.9 Å². The van der Waals surface area contributed by atoms with Gasteiger partial charge in [0.15, 0.2) is 5.71 Å². The van der Waals surface area contributed by atoms with Crippen LogP contribution in [0.5, 0.6) is 0 Å². The number of hydrogen-bond acceptors (Lipinski definition) is 1. The number of allylic oxidation sites excluding steroid dienone is 2. The first-order valence-electron chi connectivity index (χ1n) is 15.6. The second-order valence-electron chi connectivity index (χ2n) is 13.7. The molecular weight excluding hydrogens is 521 g/mol. The summed E-state index contributed by atoms with van der Waals surface area (Å²) in [5.74, 6) is 0.333.